The van der Waals surface area contributed by atoms with Crippen LogP contribution in [0.15, 0.2) is 81.2 Å². The molecule has 4 rings (SSSR count). The summed E-state index contributed by atoms with van der Waals surface area (Å²) in [5.41, 5.74) is 5.53. The van der Waals surface area contributed by atoms with Crippen LogP contribution in [0.4, 0.5) is 5.69 Å². The molecular weight excluding hydrogens is 470 g/mol. The van der Waals surface area contributed by atoms with Crippen molar-refractivity contribution in [3.05, 3.63) is 87.0 Å². The number of nitro benzene ring substituents is 1. The van der Waals surface area contributed by atoms with Gasteiger partial charge in [0.1, 0.15) is 0 Å². The highest BCUT2D eigenvalue weighted by atomic mass is 32.2. The van der Waals surface area contributed by atoms with E-state index in [2.05, 4.69) is 24.4 Å². The fourth-order valence-electron chi connectivity index (χ4n) is 3.91. The smallest absolute Gasteiger partial charge is 0.269 e. The van der Waals surface area contributed by atoms with Crippen LogP contribution >= 0.6 is 0 Å². The molecule has 11 nitrogen and oxygen atoms in total. The van der Waals surface area contributed by atoms with Gasteiger partial charge in [-0.05, 0) is 31.1 Å². The van der Waals surface area contributed by atoms with Gasteiger partial charge < -0.3 is 5.41 Å². The molecule has 0 radical (unpaired) electrons. The Morgan fingerprint density at radius 2 is 2.00 bits per heavy atom. The summed E-state index contributed by atoms with van der Waals surface area (Å²) in [6.45, 7) is 4.78. The van der Waals surface area contributed by atoms with Gasteiger partial charge in [-0.1, -0.05) is 13.8 Å². The minimum atomic E-state index is -4.00. The summed E-state index contributed by atoms with van der Waals surface area (Å²) in [6, 6.07) is 4.86. The van der Waals surface area contributed by atoms with Gasteiger partial charge in [0.05, 0.1) is 39.2 Å². The van der Waals surface area contributed by atoms with E-state index in [4.69, 9.17) is 10.4 Å². The lowest BCUT2D eigenvalue weighted by Gasteiger charge is -2.24. The van der Waals surface area contributed by atoms with E-state index in [1.807, 2.05) is 17.0 Å². The third-order valence-electron chi connectivity index (χ3n) is 5.84. The molecule has 0 amide bonds. The van der Waals surface area contributed by atoms with Crippen LogP contribution in [-0.2, 0) is 9.84 Å². The lowest BCUT2D eigenvalue weighted by atomic mass is 10.1. The maximum Gasteiger partial charge on any atom is 0.269 e. The van der Waals surface area contributed by atoms with Gasteiger partial charge >= 0.3 is 0 Å². The van der Waals surface area contributed by atoms with Gasteiger partial charge in [-0.25, -0.2) is 18.8 Å². The average Bonchev–Trinajstić information content (AvgIpc) is 3.53. The van der Waals surface area contributed by atoms with E-state index in [0.717, 1.165) is 47.9 Å². The molecule has 12 heteroatoms. The van der Waals surface area contributed by atoms with E-state index in [0.29, 0.717) is 12.3 Å². The predicted octanol–water partition coefficient (Wildman–Crippen LogP) is 3.51. The molecule has 0 unspecified atom stereocenters. The second-order valence-electron chi connectivity index (χ2n) is 7.99. The van der Waals surface area contributed by atoms with Crippen molar-refractivity contribution in [2.24, 2.45) is 4.99 Å². The molecule has 0 atom stereocenters. The van der Waals surface area contributed by atoms with Crippen LogP contribution < -0.4 is 5.43 Å². The zero-order valence-corrected chi connectivity index (χ0v) is 20.1. The highest BCUT2D eigenvalue weighted by molar-refractivity contribution is 7.94. The van der Waals surface area contributed by atoms with Crippen LogP contribution in [0.5, 0.6) is 0 Å². The molecule has 2 aliphatic rings. The highest BCUT2D eigenvalue weighted by Gasteiger charge is 2.27. The monoisotopic (exact) mass is 495 g/mol. The number of nitrogens with one attached hydrogen (secondary N) is 2. The topological polar surface area (TPSA) is 147 Å². The first-order valence-corrected chi connectivity index (χ1v) is 12.6. The number of nitrogens with zero attached hydrogens (tertiary/aromatic N) is 5. The first-order valence-electron chi connectivity index (χ1n) is 11.1. The number of nitro groups is 1. The molecule has 2 aliphatic heterocycles. The molecule has 0 bridgehead atoms. The van der Waals surface area contributed by atoms with E-state index in [9.17, 15) is 18.5 Å². The first-order chi connectivity index (χ1) is 16.8. The molecule has 35 heavy (non-hydrogen) atoms. The molecule has 2 N–H and O–H groups in total. The molecule has 182 valence electrons. The van der Waals surface area contributed by atoms with E-state index < -0.39 is 14.8 Å². The van der Waals surface area contributed by atoms with Crippen molar-refractivity contribution < 1.29 is 13.3 Å². The maximum atomic E-state index is 13.0. The van der Waals surface area contributed by atoms with E-state index in [1.165, 1.54) is 12.1 Å². The summed E-state index contributed by atoms with van der Waals surface area (Å²) in [7, 11) is -4.00. The molecule has 2 aromatic rings. The molecule has 1 aromatic carbocycles. The second kappa shape index (κ2) is 9.76. The molecule has 3 heterocycles. The summed E-state index contributed by atoms with van der Waals surface area (Å²) in [5, 5.41) is 26.0. The molecule has 0 spiro atoms. The number of hydrogen-bond acceptors (Lipinski definition) is 9. The summed E-state index contributed by atoms with van der Waals surface area (Å²) in [6.07, 6.45) is 10.1. The maximum absolute atomic E-state index is 13.0. The third-order valence-corrected chi connectivity index (χ3v) is 7.34. The molecule has 0 saturated carbocycles. The third kappa shape index (κ3) is 4.84. The Morgan fingerprint density at radius 3 is 2.63 bits per heavy atom. The fraction of sp³-hybridized carbons (Fsp3) is 0.261. The van der Waals surface area contributed by atoms with Crippen molar-refractivity contribution in [1.82, 2.24) is 20.2 Å². The van der Waals surface area contributed by atoms with Crippen molar-refractivity contribution in [1.29, 1.82) is 5.41 Å². The average molecular weight is 496 g/mol. The van der Waals surface area contributed by atoms with Crippen LogP contribution in [0.1, 0.15) is 38.3 Å². The van der Waals surface area contributed by atoms with Gasteiger partial charge in [0, 0.05) is 53.8 Å². The number of rotatable bonds is 9. The standard InChI is InChI=1S/C23H25N7O4S/c1-3-18(4-2)28-13-17(12-26-28)23-22-9-10-25-29(22)14-21(27-23)16(11-24)15-35(33,34)20-7-5-19(6-8-20)30(31)32/h5-9,11-15,18,24-25H,3-4,10H2,1-2H3/b16-15+,24-11?. The predicted molar refractivity (Wildman–Crippen MR) is 132 cm³/mol. The van der Waals surface area contributed by atoms with Crippen molar-refractivity contribution in [2.45, 2.75) is 37.6 Å². The molecular formula is C23H25N7O4S. The number of fused-ring (bicyclic) bond motifs is 1. The Kier molecular flexibility index (Phi) is 6.76. The number of aromatic nitrogens is 2. The van der Waals surface area contributed by atoms with Crippen molar-refractivity contribution in [2.75, 3.05) is 6.54 Å². The van der Waals surface area contributed by atoms with Crippen molar-refractivity contribution in [3.63, 3.8) is 0 Å². The summed E-state index contributed by atoms with van der Waals surface area (Å²) < 4.78 is 27.9. The molecule has 1 aromatic heterocycles. The molecule has 0 saturated heterocycles. The van der Waals surface area contributed by atoms with Crippen molar-refractivity contribution >= 4 is 27.5 Å². The zero-order chi connectivity index (χ0) is 25.2. The zero-order valence-electron chi connectivity index (χ0n) is 19.2. The number of benzene rings is 1. The Hall–Kier alpha value is -3.90. The van der Waals surface area contributed by atoms with E-state index in [-0.39, 0.29) is 27.9 Å². The SMILES string of the molecule is CCC(CC)n1cc(C2=NC(/C(C=N)=C/S(=O)(=O)c3ccc([N+](=O)[O-])cc3)=CN3NCC=C23)cn1. The van der Waals surface area contributed by atoms with E-state index >= 15 is 0 Å². The van der Waals surface area contributed by atoms with Gasteiger partial charge in [0.2, 0.25) is 9.84 Å². The number of hydrogen-bond donors (Lipinski definition) is 2. The first kappa shape index (κ1) is 24.2. The van der Waals surface area contributed by atoms with Crippen molar-refractivity contribution in [3.8, 4) is 0 Å². The summed E-state index contributed by atoms with van der Waals surface area (Å²) in [5.74, 6) is 0. The van der Waals surface area contributed by atoms with E-state index in [1.54, 1.807) is 17.4 Å². The largest absolute Gasteiger partial charge is 0.308 e. The Labute approximate surface area is 202 Å². The summed E-state index contributed by atoms with van der Waals surface area (Å²) in [4.78, 5) is 14.9. The molecule has 0 aliphatic carbocycles. The quantitative estimate of drug-likeness (QED) is 0.307. The van der Waals surface area contributed by atoms with Crippen LogP contribution in [0, 0.1) is 15.5 Å². The van der Waals surface area contributed by atoms with Crippen LogP contribution in [0.25, 0.3) is 0 Å². The van der Waals surface area contributed by atoms with Crippen LogP contribution in [0.2, 0.25) is 0 Å². The van der Waals surface area contributed by atoms with Crippen LogP contribution in [0.3, 0.4) is 0 Å². The Balaban J connectivity index is 1.72. The molecule has 0 fully saturated rings. The number of allylic oxidation sites excluding steroid dienone is 2. The fourth-order valence-corrected chi connectivity index (χ4v) is 5.09. The summed E-state index contributed by atoms with van der Waals surface area (Å²) >= 11 is 0. The van der Waals surface area contributed by atoms with Gasteiger partial charge in [0.15, 0.2) is 0 Å². The lowest BCUT2D eigenvalue weighted by Crippen LogP contribution is -2.32. The number of sulfone groups is 1. The highest BCUT2D eigenvalue weighted by Crippen LogP contribution is 2.28. The number of aliphatic imine (C=N–C) groups is 1. The van der Waals surface area contributed by atoms with Gasteiger partial charge in [-0.2, -0.15) is 5.10 Å². The number of hydrazine groups is 1. The van der Waals surface area contributed by atoms with Gasteiger partial charge in [-0.15, -0.1) is 0 Å². The normalized spacial score (nSPS) is 16.0. The Morgan fingerprint density at radius 1 is 1.29 bits per heavy atom. The van der Waals surface area contributed by atoms with Gasteiger partial charge in [-0.3, -0.25) is 19.8 Å². The number of non-ortho nitro benzene ring substituents is 1. The van der Waals surface area contributed by atoms with Crippen LogP contribution in [-0.4, -0.2) is 46.6 Å². The van der Waals surface area contributed by atoms with Gasteiger partial charge in [0.25, 0.3) is 5.69 Å². The lowest BCUT2D eigenvalue weighted by molar-refractivity contribution is -0.384. The second-order valence-corrected chi connectivity index (χ2v) is 9.79. The Bertz CT molecular complexity index is 1380. The minimum absolute atomic E-state index is 0.0704. The minimum Gasteiger partial charge on any atom is -0.308 e.